The summed E-state index contributed by atoms with van der Waals surface area (Å²) in [6.45, 7) is 0.159. The minimum atomic E-state index is -0.533. The molecule has 0 saturated carbocycles. The van der Waals surface area contributed by atoms with Gasteiger partial charge in [-0.05, 0) is 24.3 Å². The lowest BCUT2D eigenvalue weighted by molar-refractivity contribution is 0.174. The summed E-state index contributed by atoms with van der Waals surface area (Å²) in [5, 5.41) is 23.8. The van der Waals surface area contributed by atoms with Crippen LogP contribution in [-0.2, 0) is 0 Å². The summed E-state index contributed by atoms with van der Waals surface area (Å²) in [6, 6.07) is 8.35. The number of carbonyl (C=O) groups is 1. The van der Waals surface area contributed by atoms with Crippen LogP contribution < -0.4 is 20.1 Å². The van der Waals surface area contributed by atoms with Crippen molar-refractivity contribution in [1.29, 1.82) is 0 Å². The van der Waals surface area contributed by atoms with Gasteiger partial charge in [0, 0.05) is 17.8 Å². The van der Waals surface area contributed by atoms with Gasteiger partial charge in [-0.15, -0.1) is 0 Å². The molecule has 0 radical (unpaired) electrons. The van der Waals surface area contributed by atoms with Crippen LogP contribution in [0.4, 0.5) is 16.2 Å². The third kappa shape index (κ3) is 2.76. The molecule has 2 aromatic carbocycles. The van der Waals surface area contributed by atoms with E-state index in [1.807, 2.05) is 0 Å². The molecule has 0 saturated heterocycles. The second-order valence-electron chi connectivity index (χ2n) is 4.35. The fourth-order valence-corrected chi connectivity index (χ4v) is 1.88. The maximum atomic E-state index is 11.9. The number of phenols is 2. The number of phenolic OH excluding ortho intramolecular Hbond substituents is 2. The summed E-state index contributed by atoms with van der Waals surface area (Å²) in [5.41, 5.74) is 0.709. The molecule has 108 valence electrons. The lowest BCUT2D eigenvalue weighted by Gasteiger charge is -2.09. The topological polar surface area (TPSA) is 100 Å². The smallest absolute Gasteiger partial charge is 0.323 e. The van der Waals surface area contributed by atoms with Crippen LogP contribution in [0.1, 0.15) is 0 Å². The number of nitrogens with one attached hydrogen (secondary N) is 2. The second kappa shape index (κ2) is 5.12. The third-order valence-electron chi connectivity index (χ3n) is 2.86. The van der Waals surface area contributed by atoms with Crippen LogP contribution in [0, 0.1) is 0 Å². The van der Waals surface area contributed by atoms with E-state index in [1.165, 1.54) is 12.1 Å². The Morgan fingerprint density at radius 3 is 2.62 bits per heavy atom. The van der Waals surface area contributed by atoms with Gasteiger partial charge in [0.15, 0.2) is 11.5 Å². The Morgan fingerprint density at radius 1 is 1.00 bits per heavy atom. The summed E-state index contributed by atoms with van der Waals surface area (Å²) >= 11 is 0. The average molecular weight is 288 g/mol. The molecule has 0 atom stereocenters. The van der Waals surface area contributed by atoms with Crippen LogP contribution >= 0.6 is 0 Å². The first-order chi connectivity index (χ1) is 10.1. The molecule has 0 aromatic heterocycles. The zero-order valence-electron chi connectivity index (χ0n) is 10.8. The second-order valence-corrected chi connectivity index (χ2v) is 4.35. The van der Waals surface area contributed by atoms with Gasteiger partial charge >= 0.3 is 6.03 Å². The molecule has 2 aromatic rings. The zero-order valence-corrected chi connectivity index (χ0v) is 10.8. The number of hydrogen-bond acceptors (Lipinski definition) is 5. The molecule has 1 heterocycles. The lowest BCUT2D eigenvalue weighted by Crippen LogP contribution is -2.19. The van der Waals surface area contributed by atoms with Gasteiger partial charge in [0.05, 0.1) is 5.69 Å². The molecule has 0 fully saturated rings. The van der Waals surface area contributed by atoms with Crippen molar-refractivity contribution in [2.45, 2.75) is 0 Å². The number of amides is 2. The Balaban J connectivity index is 1.69. The molecule has 0 aliphatic carbocycles. The number of carbonyl (C=O) groups excluding carboxylic acids is 1. The van der Waals surface area contributed by atoms with E-state index in [0.717, 1.165) is 6.07 Å². The average Bonchev–Trinajstić information content (AvgIpc) is 2.89. The third-order valence-corrected chi connectivity index (χ3v) is 2.86. The van der Waals surface area contributed by atoms with E-state index in [4.69, 9.17) is 9.47 Å². The Bertz CT molecular complexity index is 702. The van der Waals surface area contributed by atoms with Gasteiger partial charge in [-0.3, -0.25) is 0 Å². The molecule has 2 amide bonds. The highest BCUT2D eigenvalue weighted by Gasteiger charge is 2.14. The lowest BCUT2D eigenvalue weighted by atomic mass is 10.2. The number of anilines is 2. The first-order valence-corrected chi connectivity index (χ1v) is 6.11. The van der Waals surface area contributed by atoms with Crippen LogP contribution in [0.3, 0.4) is 0 Å². The van der Waals surface area contributed by atoms with Crippen molar-refractivity contribution >= 4 is 17.4 Å². The van der Waals surface area contributed by atoms with Crippen LogP contribution in [0.15, 0.2) is 36.4 Å². The summed E-state index contributed by atoms with van der Waals surface area (Å²) in [4.78, 5) is 11.9. The molecule has 3 rings (SSSR count). The summed E-state index contributed by atoms with van der Waals surface area (Å²) in [7, 11) is 0. The molecule has 21 heavy (non-hydrogen) atoms. The van der Waals surface area contributed by atoms with Gasteiger partial charge in [0.25, 0.3) is 0 Å². The van der Waals surface area contributed by atoms with E-state index in [9.17, 15) is 15.0 Å². The van der Waals surface area contributed by atoms with Gasteiger partial charge < -0.3 is 30.3 Å². The molecule has 4 N–H and O–H groups in total. The first-order valence-electron chi connectivity index (χ1n) is 6.11. The van der Waals surface area contributed by atoms with Crippen molar-refractivity contribution in [1.82, 2.24) is 0 Å². The van der Waals surface area contributed by atoms with Gasteiger partial charge in [-0.2, -0.15) is 0 Å². The van der Waals surface area contributed by atoms with Crippen molar-refractivity contribution < 1.29 is 24.5 Å². The number of rotatable bonds is 2. The van der Waals surface area contributed by atoms with E-state index in [-0.39, 0.29) is 24.0 Å². The quantitative estimate of drug-likeness (QED) is 0.502. The molecule has 7 nitrogen and oxygen atoms in total. The van der Waals surface area contributed by atoms with Crippen LogP contribution in [0.25, 0.3) is 0 Å². The van der Waals surface area contributed by atoms with E-state index < -0.39 is 6.03 Å². The number of aromatic hydroxyl groups is 2. The SMILES string of the molecule is O=C(Nc1ccc2c(c1)OCO2)Nc1ccc(O)cc1O. The van der Waals surface area contributed by atoms with Gasteiger partial charge in [-0.1, -0.05) is 0 Å². The highest BCUT2D eigenvalue weighted by molar-refractivity contribution is 6.00. The van der Waals surface area contributed by atoms with Gasteiger partial charge in [0.1, 0.15) is 11.5 Å². The standard InChI is InChI=1S/C14H12N2O5/c17-9-2-3-10(11(18)6-9)16-14(19)15-8-1-4-12-13(5-8)21-7-20-12/h1-6,17-18H,7H2,(H2,15,16,19). The molecular weight excluding hydrogens is 276 g/mol. The summed E-state index contributed by atoms with van der Waals surface area (Å²) < 4.78 is 10.4. The number of urea groups is 1. The monoisotopic (exact) mass is 288 g/mol. The Kier molecular flexibility index (Phi) is 3.15. The Hall–Kier alpha value is -3.09. The summed E-state index contributed by atoms with van der Waals surface area (Å²) in [6.07, 6.45) is 0. The van der Waals surface area contributed by atoms with Gasteiger partial charge in [-0.25, -0.2) is 4.79 Å². The van der Waals surface area contributed by atoms with Crippen molar-refractivity contribution in [3.8, 4) is 23.0 Å². The van der Waals surface area contributed by atoms with E-state index in [1.54, 1.807) is 18.2 Å². The normalized spacial score (nSPS) is 12.0. The van der Waals surface area contributed by atoms with Crippen LogP contribution in [0.2, 0.25) is 0 Å². The molecule has 1 aliphatic rings. The highest BCUT2D eigenvalue weighted by Crippen LogP contribution is 2.34. The summed E-state index contributed by atoms with van der Waals surface area (Å²) in [5.74, 6) is 0.863. The number of ether oxygens (including phenoxy) is 2. The molecule has 0 spiro atoms. The van der Waals surface area contributed by atoms with Gasteiger partial charge in [0.2, 0.25) is 6.79 Å². The Morgan fingerprint density at radius 2 is 1.81 bits per heavy atom. The molecule has 1 aliphatic heterocycles. The van der Waals surface area contributed by atoms with Crippen molar-refractivity contribution in [2.75, 3.05) is 17.4 Å². The minimum absolute atomic E-state index is 0.0887. The minimum Gasteiger partial charge on any atom is -0.508 e. The maximum absolute atomic E-state index is 11.9. The number of fused-ring (bicyclic) bond motifs is 1. The fraction of sp³-hybridized carbons (Fsp3) is 0.0714. The number of benzene rings is 2. The molecule has 0 bridgehead atoms. The fourth-order valence-electron chi connectivity index (χ4n) is 1.88. The van der Waals surface area contributed by atoms with Crippen molar-refractivity contribution in [2.24, 2.45) is 0 Å². The van der Waals surface area contributed by atoms with Crippen molar-refractivity contribution in [3.63, 3.8) is 0 Å². The van der Waals surface area contributed by atoms with E-state index in [0.29, 0.717) is 17.2 Å². The predicted molar refractivity (Wildman–Crippen MR) is 75.0 cm³/mol. The zero-order chi connectivity index (χ0) is 14.8. The molecule has 7 heteroatoms. The maximum Gasteiger partial charge on any atom is 0.323 e. The van der Waals surface area contributed by atoms with E-state index >= 15 is 0 Å². The van der Waals surface area contributed by atoms with Crippen LogP contribution in [-0.4, -0.2) is 23.0 Å². The van der Waals surface area contributed by atoms with Crippen molar-refractivity contribution in [3.05, 3.63) is 36.4 Å². The van der Waals surface area contributed by atoms with E-state index in [2.05, 4.69) is 10.6 Å². The predicted octanol–water partition coefficient (Wildman–Crippen LogP) is 2.47. The van der Waals surface area contributed by atoms with Crippen LogP contribution in [0.5, 0.6) is 23.0 Å². The number of hydrogen-bond donors (Lipinski definition) is 4. The first kappa shape index (κ1) is 12.9. The highest BCUT2D eigenvalue weighted by atomic mass is 16.7. The molecular formula is C14H12N2O5. The Labute approximate surface area is 119 Å². The molecule has 0 unspecified atom stereocenters. The largest absolute Gasteiger partial charge is 0.508 e.